The van der Waals surface area contributed by atoms with E-state index in [0.29, 0.717) is 25.0 Å². The molecule has 1 atom stereocenters. The average Bonchev–Trinajstić information content (AvgIpc) is 2.83. The number of nitrogens with zero attached hydrogens (tertiary/aromatic N) is 1. The Balaban J connectivity index is 2.39. The number of hydrogen-bond donors (Lipinski definition) is 0. The quantitative estimate of drug-likeness (QED) is 0.508. The first-order valence-electron chi connectivity index (χ1n) is 6.21. The number of methoxy groups -OCH3 is 1. The van der Waals surface area contributed by atoms with Gasteiger partial charge in [-0.2, -0.15) is 11.8 Å². The number of carbonyl (C=O) groups is 1. The monoisotopic (exact) mass is 323 g/mol. The fourth-order valence-corrected chi connectivity index (χ4v) is 3.60. The van der Waals surface area contributed by atoms with Crippen molar-refractivity contribution in [3.8, 4) is 0 Å². The second-order valence-corrected chi connectivity index (χ2v) is 6.19. The molecular formula is C12H22BrNO2S. The summed E-state index contributed by atoms with van der Waals surface area (Å²) in [4.78, 5) is 14.2. The van der Waals surface area contributed by atoms with Crippen LogP contribution in [0.15, 0.2) is 0 Å². The molecule has 5 heteroatoms. The van der Waals surface area contributed by atoms with Crippen molar-refractivity contribution in [1.29, 1.82) is 0 Å². The number of unbranched alkanes of at least 4 members (excludes halogenated alkanes) is 1. The molecule has 1 heterocycles. The first kappa shape index (κ1) is 15.3. The van der Waals surface area contributed by atoms with E-state index in [9.17, 15) is 4.79 Å². The van der Waals surface area contributed by atoms with Gasteiger partial charge in [-0.25, -0.2) is 0 Å². The molecule has 1 aliphatic heterocycles. The van der Waals surface area contributed by atoms with Crippen molar-refractivity contribution in [2.24, 2.45) is 0 Å². The molecule has 0 N–H and O–H groups in total. The Morgan fingerprint density at radius 2 is 2.35 bits per heavy atom. The summed E-state index contributed by atoms with van der Waals surface area (Å²) < 4.78 is 5.10. The predicted molar refractivity (Wildman–Crippen MR) is 77.0 cm³/mol. The lowest BCUT2D eigenvalue weighted by Gasteiger charge is -2.28. The molecule has 1 fully saturated rings. The summed E-state index contributed by atoms with van der Waals surface area (Å²) in [6, 6.07) is 0.437. The zero-order valence-corrected chi connectivity index (χ0v) is 12.9. The molecule has 17 heavy (non-hydrogen) atoms. The zero-order valence-electron chi connectivity index (χ0n) is 10.5. The number of rotatable bonds is 8. The minimum absolute atomic E-state index is 0.301. The summed E-state index contributed by atoms with van der Waals surface area (Å²) in [6.07, 6.45) is 3.87. The van der Waals surface area contributed by atoms with E-state index in [-0.39, 0.29) is 0 Å². The van der Waals surface area contributed by atoms with Crippen molar-refractivity contribution in [2.75, 3.05) is 37.1 Å². The summed E-state index contributed by atoms with van der Waals surface area (Å²) in [5, 5.41) is 0.984. The minimum atomic E-state index is 0.301. The molecule has 1 unspecified atom stereocenters. The van der Waals surface area contributed by atoms with Crippen molar-refractivity contribution in [3.05, 3.63) is 0 Å². The van der Waals surface area contributed by atoms with Gasteiger partial charge in [0.05, 0.1) is 6.61 Å². The number of ether oxygens (including phenoxy) is 1. The van der Waals surface area contributed by atoms with E-state index >= 15 is 0 Å². The molecule has 0 aromatic rings. The predicted octanol–water partition coefficient (Wildman–Crippen LogP) is 2.53. The van der Waals surface area contributed by atoms with Crippen molar-refractivity contribution in [1.82, 2.24) is 4.90 Å². The smallest absolute Gasteiger partial charge is 0.222 e. The van der Waals surface area contributed by atoms with Gasteiger partial charge in [0.25, 0.3) is 0 Å². The lowest BCUT2D eigenvalue weighted by molar-refractivity contribution is -0.133. The van der Waals surface area contributed by atoms with Crippen LogP contribution in [0, 0.1) is 0 Å². The topological polar surface area (TPSA) is 29.5 Å². The van der Waals surface area contributed by atoms with E-state index in [2.05, 4.69) is 15.9 Å². The molecule has 0 saturated carbocycles. The minimum Gasteiger partial charge on any atom is -0.383 e. The average molecular weight is 324 g/mol. The van der Waals surface area contributed by atoms with Crippen LogP contribution in [-0.4, -0.2) is 53.9 Å². The van der Waals surface area contributed by atoms with Gasteiger partial charge in [-0.15, -0.1) is 0 Å². The van der Waals surface area contributed by atoms with Crippen LogP contribution in [0.3, 0.4) is 0 Å². The third-order valence-corrected chi connectivity index (χ3v) is 4.68. The maximum atomic E-state index is 12.2. The number of alkyl halides is 1. The second-order valence-electron chi connectivity index (χ2n) is 4.24. The fourth-order valence-electron chi connectivity index (χ4n) is 1.98. The van der Waals surface area contributed by atoms with Crippen molar-refractivity contribution in [3.63, 3.8) is 0 Å². The highest BCUT2D eigenvalue weighted by molar-refractivity contribution is 9.09. The summed E-state index contributed by atoms with van der Waals surface area (Å²) in [5.74, 6) is 2.58. The zero-order chi connectivity index (χ0) is 12.5. The molecular weight excluding hydrogens is 302 g/mol. The van der Waals surface area contributed by atoms with Crippen molar-refractivity contribution >= 4 is 33.6 Å². The van der Waals surface area contributed by atoms with Gasteiger partial charge < -0.3 is 9.64 Å². The Labute approximate surface area is 117 Å². The summed E-state index contributed by atoms with van der Waals surface area (Å²) in [6.45, 7) is 1.39. The molecule has 1 saturated heterocycles. The molecule has 1 rings (SSSR count). The molecule has 1 amide bonds. The third kappa shape index (κ3) is 5.62. The number of hydrogen-bond acceptors (Lipinski definition) is 3. The van der Waals surface area contributed by atoms with Crippen LogP contribution < -0.4 is 0 Å². The fraction of sp³-hybridized carbons (Fsp3) is 0.917. The number of carbonyl (C=O) groups excluding carboxylic acids is 1. The molecule has 0 spiro atoms. The molecule has 3 nitrogen and oxygen atoms in total. The Morgan fingerprint density at radius 1 is 1.53 bits per heavy atom. The lowest BCUT2D eigenvalue weighted by Crippen LogP contribution is -2.42. The van der Waals surface area contributed by atoms with Gasteiger partial charge in [-0.1, -0.05) is 15.9 Å². The van der Waals surface area contributed by atoms with Gasteiger partial charge in [0.15, 0.2) is 0 Å². The van der Waals surface area contributed by atoms with Gasteiger partial charge in [0.2, 0.25) is 5.91 Å². The van der Waals surface area contributed by atoms with Gasteiger partial charge in [0.1, 0.15) is 0 Å². The second kappa shape index (κ2) is 9.22. The maximum Gasteiger partial charge on any atom is 0.222 e. The standard InChI is InChI=1S/C12H22BrNO2S/c1-16-8-7-14(11-5-9-17-10-11)12(15)4-2-3-6-13/h11H,2-10H2,1H3. The van der Waals surface area contributed by atoms with Gasteiger partial charge in [0, 0.05) is 37.2 Å². The lowest BCUT2D eigenvalue weighted by atomic mass is 10.1. The van der Waals surface area contributed by atoms with E-state index < -0.39 is 0 Å². The summed E-state index contributed by atoms with van der Waals surface area (Å²) in [5.41, 5.74) is 0. The Kier molecular flexibility index (Phi) is 8.31. The Morgan fingerprint density at radius 3 is 2.94 bits per heavy atom. The van der Waals surface area contributed by atoms with Crippen LogP contribution in [0.1, 0.15) is 25.7 Å². The van der Waals surface area contributed by atoms with Crippen LogP contribution in [0.25, 0.3) is 0 Å². The number of halogens is 1. The molecule has 0 radical (unpaired) electrons. The number of thioether (sulfide) groups is 1. The molecule has 0 aromatic heterocycles. The molecule has 0 bridgehead atoms. The normalized spacial score (nSPS) is 19.5. The van der Waals surface area contributed by atoms with Crippen LogP contribution in [0.5, 0.6) is 0 Å². The first-order valence-corrected chi connectivity index (χ1v) is 8.49. The largest absolute Gasteiger partial charge is 0.383 e. The highest BCUT2D eigenvalue weighted by atomic mass is 79.9. The van der Waals surface area contributed by atoms with Crippen molar-refractivity contribution < 1.29 is 9.53 Å². The van der Waals surface area contributed by atoms with Crippen LogP contribution in [0.2, 0.25) is 0 Å². The Bertz CT molecular complexity index is 223. The van der Waals surface area contributed by atoms with Gasteiger partial charge >= 0.3 is 0 Å². The van der Waals surface area contributed by atoms with E-state index in [4.69, 9.17) is 4.74 Å². The van der Waals surface area contributed by atoms with E-state index in [0.717, 1.165) is 36.9 Å². The molecule has 0 aliphatic carbocycles. The third-order valence-electron chi connectivity index (χ3n) is 2.98. The van der Waals surface area contributed by atoms with E-state index in [1.807, 2.05) is 16.7 Å². The highest BCUT2D eigenvalue weighted by Gasteiger charge is 2.26. The SMILES string of the molecule is COCCN(C(=O)CCCCBr)C1CCSC1. The van der Waals surface area contributed by atoms with E-state index in [1.54, 1.807) is 7.11 Å². The highest BCUT2D eigenvalue weighted by Crippen LogP contribution is 2.23. The molecule has 0 aromatic carbocycles. The van der Waals surface area contributed by atoms with Crippen LogP contribution in [0.4, 0.5) is 0 Å². The molecule has 1 aliphatic rings. The maximum absolute atomic E-state index is 12.2. The van der Waals surface area contributed by atoms with Crippen LogP contribution in [-0.2, 0) is 9.53 Å². The number of amides is 1. The van der Waals surface area contributed by atoms with E-state index in [1.165, 1.54) is 5.75 Å². The van der Waals surface area contributed by atoms with Gasteiger partial charge in [-0.3, -0.25) is 4.79 Å². The summed E-state index contributed by atoms with van der Waals surface area (Å²) in [7, 11) is 1.69. The summed E-state index contributed by atoms with van der Waals surface area (Å²) >= 11 is 5.34. The van der Waals surface area contributed by atoms with Gasteiger partial charge in [-0.05, 0) is 25.0 Å². The Hall–Kier alpha value is 0.260. The van der Waals surface area contributed by atoms with Crippen molar-refractivity contribution in [2.45, 2.75) is 31.7 Å². The first-order chi connectivity index (χ1) is 8.29. The molecule has 100 valence electrons. The van der Waals surface area contributed by atoms with Crippen LogP contribution >= 0.6 is 27.7 Å².